The summed E-state index contributed by atoms with van der Waals surface area (Å²) in [4.78, 5) is 32.0. The Hall–Kier alpha value is -4.71. The molecule has 1 unspecified atom stereocenters. The molecule has 5 aromatic rings. The van der Waals surface area contributed by atoms with Crippen LogP contribution in [0.25, 0.3) is 22.4 Å². The molecule has 0 spiro atoms. The molecule has 188 valence electrons. The Bertz CT molecular complexity index is 1580. The average molecular weight is 501 g/mol. The van der Waals surface area contributed by atoms with Crippen molar-refractivity contribution in [3.8, 4) is 11.4 Å². The van der Waals surface area contributed by atoms with Crippen LogP contribution in [-0.4, -0.2) is 27.9 Å². The molecule has 38 heavy (non-hydrogen) atoms. The smallest absolute Gasteiger partial charge is 0.227 e. The SMILES string of the molecule is O=C(NCc1ccc(-c2nc3ccccc3n2Cc2ccccc2)cc1)C1CC(=O)N(c2ccccc2)C1. The van der Waals surface area contributed by atoms with E-state index in [0.29, 0.717) is 13.1 Å². The van der Waals surface area contributed by atoms with Gasteiger partial charge in [-0.3, -0.25) is 9.59 Å². The van der Waals surface area contributed by atoms with Crippen molar-refractivity contribution in [3.05, 3.63) is 120 Å². The Kier molecular flexibility index (Phi) is 6.44. The van der Waals surface area contributed by atoms with Crippen LogP contribution in [0.2, 0.25) is 0 Å². The minimum absolute atomic E-state index is 0.0147. The fourth-order valence-electron chi connectivity index (χ4n) is 5.07. The van der Waals surface area contributed by atoms with Crippen LogP contribution in [0.3, 0.4) is 0 Å². The standard InChI is InChI=1S/C32H28N4O2/c37-30-19-26(22-35(30)27-11-5-2-6-12-27)32(38)33-20-23-15-17-25(18-16-23)31-34-28-13-7-8-14-29(28)36(31)21-24-9-3-1-4-10-24/h1-18,26H,19-22H2,(H,33,38). The van der Waals surface area contributed by atoms with Crippen LogP contribution in [0, 0.1) is 5.92 Å². The van der Waals surface area contributed by atoms with Gasteiger partial charge in [-0.25, -0.2) is 4.98 Å². The summed E-state index contributed by atoms with van der Waals surface area (Å²) in [6, 6.07) is 36.2. The van der Waals surface area contributed by atoms with E-state index < -0.39 is 0 Å². The molecule has 1 aromatic heterocycles. The van der Waals surface area contributed by atoms with Crippen molar-refractivity contribution in [1.82, 2.24) is 14.9 Å². The van der Waals surface area contributed by atoms with Crippen molar-refractivity contribution in [2.75, 3.05) is 11.4 Å². The number of imidazole rings is 1. The summed E-state index contributed by atoms with van der Waals surface area (Å²) in [6.45, 7) is 1.55. The number of hydrogen-bond donors (Lipinski definition) is 1. The zero-order valence-corrected chi connectivity index (χ0v) is 21.0. The van der Waals surface area contributed by atoms with E-state index in [1.807, 2.05) is 66.7 Å². The molecule has 0 radical (unpaired) electrons. The summed E-state index contributed by atoms with van der Waals surface area (Å²) in [5, 5.41) is 3.02. The largest absolute Gasteiger partial charge is 0.352 e. The first-order valence-corrected chi connectivity index (χ1v) is 12.9. The van der Waals surface area contributed by atoms with Crippen molar-refractivity contribution < 1.29 is 9.59 Å². The molecule has 6 heteroatoms. The molecule has 0 bridgehead atoms. The number of fused-ring (bicyclic) bond motifs is 1. The molecule has 1 aliphatic rings. The van der Waals surface area contributed by atoms with Crippen LogP contribution in [0.5, 0.6) is 0 Å². The fraction of sp³-hybridized carbons (Fsp3) is 0.156. The number of amides is 2. The fourth-order valence-corrected chi connectivity index (χ4v) is 5.07. The Morgan fingerprint density at radius 3 is 2.26 bits per heavy atom. The molecule has 1 fully saturated rings. The number of carbonyl (C=O) groups excluding carboxylic acids is 2. The minimum Gasteiger partial charge on any atom is -0.352 e. The van der Waals surface area contributed by atoms with E-state index in [2.05, 4.69) is 52.3 Å². The van der Waals surface area contributed by atoms with Crippen molar-refractivity contribution in [1.29, 1.82) is 0 Å². The maximum Gasteiger partial charge on any atom is 0.227 e. The first-order chi connectivity index (χ1) is 18.7. The molecule has 6 nitrogen and oxygen atoms in total. The maximum atomic E-state index is 12.8. The van der Waals surface area contributed by atoms with Crippen molar-refractivity contribution in [2.45, 2.75) is 19.5 Å². The van der Waals surface area contributed by atoms with E-state index >= 15 is 0 Å². The highest BCUT2D eigenvalue weighted by molar-refractivity contribution is 6.00. The average Bonchev–Trinajstić information content (AvgIpc) is 3.54. The lowest BCUT2D eigenvalue weighted by atomic mass is 10.1. The molecule has 1 aliphatic heterocycles. The monoisotopic (exact) mass is 500 g/mol. The molecular weight excluding hydrogens is 472 g/mol. The van der Waals surface area contributed by atoms with Crippen LogP contribution in [0.4, 0.5) is 5.69 Å². The second kappa shape index (κ2) is 10.3. The number of nitrogens with one attached hydrogen (secondary N) is 1. The first kappa shape index (κ1) is 23.7. The van der Waals surface area contributed by atoms with Gasteiger partial charge in [0.15, 0.2) is 0 Å². The van der Waals surface area contributed by atoms with Crippen molar-refractivity contribution in [2.24, 2.45) is 5.92 Å². The summed E-state index contributed by atoms with van der Waals surface area (Å²) in [5.74, 6) is 0.459. The molecule has 1 N–H and O–H groups in total. The molecule has 6 rings (SSSR count). The number of para-hydroxylation sites is 3. The molecular formula is C32H28N4O2. The Morgan fingerprint density at radius 1 is 0.816 bits per heavy atom. The third-order valence-corrected chi connectivity index (χ3v) is 7.08. The quantitative estimate of drug-likeness (QED) is 0.324. The Morgan fingerprint density at radius 2 is 1.50 bits per heavy atom. The van der Waals surface area contributed by atoms with Gasteiger partial charge in [-0.1, -0.05) is 84.9 Å². The zero-order chi connectivity index (χ0) is 25.9. The molecule has 1 atom stereocenters. The van der Waals surface area contributed by atoms with Gasteiger partial charge in [0.2, 0.25) is 11.8 Å². The highest BCUT2D eigenvalue weighted by atomic mass is 16.2. The van der Waals surface area contributed by atoms with E-state index in [0.717, 1.165) is 40.2 Å². The predicted molar refractivity (Wildman–Crippen MR) is 149 cm³/mol. The number of nitrogens with zero attached hydrogens (tertiary/aromatic N) is 3. The Balaban J connectivity index is 1.15. The first-order valence-electron chi connectivity index (χ1n) is 12.9. The lowest BCUT2D eigenvalue weighted by Crippen LogP contribution is -2.32. The second-order valence-corrected chi connectivity index (χ2v) is 9.65. The van der Waals surface area contributed by atoms with Crippen LogP contribution >= 0.6 is 0 Å². The van der Waals surface area contributed by atoms with Gasteiger partial charge in [0, 0.05) is 37.3 Å². The number of aromatic nitrogens is 2. The highest BCUT2D eigenvalue weighted by Gasteiger charge is 2.34. The summed E-state index contributed by atoms with van der Waals surface area (Å²) in [5.41, 5.74) is 6.13. The highest BCUT2D eigenvalue weighted by Crippen LogP contribution is 2.27. The van der Waals surface area contributed by atoms with E-state index in [9.17, 15) is 9.59 Å². The third-order valence-electron chi connectivity index (χ3n) is 7.08. The number of anilines is 1. The van der Waals surface area contributed by atoms with E-state index in [4.69, 9.17) is 4.98 Å². The van der Waals surface area contributed by atoms with E-state index in [1.54, 1.807) is 4.90 Å². The third kappa shape index (κ3) is 4.81. The topological polar surface area (TPSA) is 67.2 Å². The van der Waals surface area contributed by atoms with Crippen LogP contribution in [-0.2, 0) is 22.7 Å². The zero-order valence-electron chi connectivity index (χ0n) is 21.0. The van der Waals surface area contributed by atoms with Crippen molar-refractivity contribution >= 4 is 28.5 Å². The van der Waals surface area contributed by atoms with Gasteiger partial charge in [0.25, 0.3) is 0 Å². The molecule has 2 amide bonds. The van der Waals surface area contributed by atoms with Crippen LogP contribution < -0.4 is 10.2 Å². The molecule has 1 saturated heterocycles. The van der Waals surface area contributed by atoms with Crippen LogP contribution in [0.15, 0.2) is 109 Å². The van der Waals surface area contributed by atoms with E-state index in [-0.39, 0.29) is 24.2 Å². The number of rotatable bonds is 7. The van der Waals surface area contributed by atoms with Gasteiger partial charge in [-0.15, -0.1) is 0 Å². The van der Waals surface area contributed by atoms with Gasteiger partial charge >= 0.3 is 0 Å². The van der Waals surface area contributed by atoms with Gasteiger partial charge < -0.3 is 14.8 Å². The predicted octanol–water partition coefficient (Wildman–Crippen LogP) is 5.42. The van der Waals surface area contributed by atoms with Gasteiger partial charge in [0.1, 0.15) is 5.82 Å². The molecule has 0 saturated carbocycles. The van der Waals surface area contributed by atoms with Gasteiger partial charge in [0.05, 0.1) is 17.0 Å². The molecule has 0 aliphatic carbocycles. The van der Waals surface area contributed by atoms with Crippen molar-refractivity contribution in [3.63, 3.8) is 0 Å². The summed E-state index contributed by atoms with van der Waals surface area (Å²) in [7, 11) is 0. The normalized spacial score (nSPS) is 15.2. The lowest BCUT2D eigenvalue weighted by Gasteiger charge is -2.16. The van der Waals surface area contributed by atoms with Gasteiger partial charge in [-0.05, 0) is 35.4 Å². The lowest BCUT2D eigenvalue weighted by molar-refractivity contribution is -0.126. The number of benzene rings is 4. The maximum absolute atomic E-state index is 12.8. The summed E-state index contributed by atoms with van der Waals surface area (Å²) < 4.78 is 2.25. The van der Waals surface area contributed by atoms with E-state index in [1.165, 1.54) is 5.56 Å². The second-order valence-electron chi connectivity index (χ2n) is 9.65. The van der Waals surface area contributed by atoms with Gasteiger partial charge in [-0.2, -0.15) is 0 Å². The Labute approximate surface area is 221 Å². The summed E-state index contributed by atoms with van der Waals surface area (Å²) in [6.07, 6.45) is 0.233. The number of carbonyl (C=O) groups is 2. The number of hydrogen-bond acceptors (Lipinski definition) is 3. The molecule has 2 heterocycles. The summed E-state index contributed by atoms with van der Waals surface area (Å²) >= 11 is 0. The van der Waals surface area contributed by atoms with Crippen LogP contribution in [0.1, 0.15) is 17.5 Å². The minimum atomic E-state index is -0.347. The molecule has 4 aromatic carbocycles.